The fourth-order valence-electron chi connectivity index (χ4n) is 4.01. The van der Waals surface area contributed by atoms with E-state index in [4.69, 9.17) is 26.1 Å². The number of ether oxygens (including phenoxy) is 1. The summed E-state index contributed by atoms with van der Waals surface area (Å²) in [5.74, 6) is 0.118. The van der Waals surface area contributed by atoms with Gasteiger partial charge in [0, 0.05) is 33.9 Å². The molecule has 1 fully saturated rings. The van der Waals surface area contributed by atoms with Gasteiger partial charge in [0.2, 0.25) is 0 Å². The van der Waals surface area contributed by atoms with Gasteiger partial charge >= 0.3 is 5.97 Å². The number of carbonyl (C=O) groups is 2. The van der Waals surface area contributed by atoms with Crippen LogP contribution in [0.3, 0.4) is 0 Å². The van der Waals surface area contributed by atoms with Gasteiger partial charge in [-0.3, -0.25) is 4.79 Å². The average Bonchev–Trinajstić information content (AvgIpc) is 2.84. The van der Waals surface area contributed by atoms with Gasteiger partial charge in [0.25, 0.3) is 5.91 Å². The van der Waals surface area contributed by atoms with Crippen LogP contribution in [0.25, 0.3) is 5.57 Å². The quantitative estimate of drug-likeness (QED) is 0.312. The van der Waals surface area contributed by atoms with E-state index in [0.29, 0.717) is 35.7 Å². The second kappa shape index (κ2) is 10.6. The lowest BCUT2D eigenvalue weighted by Gasteiger charge is -2.34. The number of esters is 1. The first kappa shape index (κ1) is 23.7. The van der Waals surface area contributed by atoms with Gasteiger partial charge in [-0.1, -0.05) is 36.0 Å². The molecule has 2 aromatic carbocycles. The summed E-state index contributed by atoms with van der Waals surface area (Å²) in [5, 5.41) is 0.532. The van der Waals surface area contributed by atoms with Crippen molar-refractivity contribution >= 4 is 40.8 Å². The molecular weight excluding hydrogens is 462 g/mol. The van der Waals surface area contributed by atoms with Crippen molar-refractivity contribution in [2.45, 2.75) is 48.4 Å². The maximum atomic E-state index is 13.2. The maximum absolute atomic E-state index is 13.2. The molecule has 2 heterocycles. The molecule has 0 bridgehead atoms. The second-order valence-corrected chi connectivity index (χ2v) is 9.44. The van der Waals surface area contributed by atoms with Gasteiger partial charge in [-0.25, -0.2) is 4.79 Å². The summed E-state index contributed by atoms with van der Waals surface area (Å²) in [6, 6.07) is 10.8. The number of amides is 1. The predicted octanol–water partition coefficient (Wildman–Crippen LogP) is 5.32. The van der Waals surface area contributed by atoms with Gasteiger partial charge in [0.1, 0.15) is 6.04 Å². The first-order chi connectivity index (χ1) is 16.0. The molecule has 4 rings (SSSR count). The predicted molar refractivity (Wildman–Crippen MR) is 127 cm³/mol. The number of benzene rings is 2. The number of carbonyl (C=O) groups excluding carboxylic acids is 2. The molecule has 33 heavy (non-hydrogen) atoms. The minimum absolute atomic E-state index is 0.263. The van der Waals surface area contributed by atoms with Crippen LogP contribution in [0.4, 0.5) is 0 Å². The minimum Gasteiger partial charge on any atom is -0.464 e. The molecule has 0 spiro atoms. The SMILES string of the molecule is C=C(C(=O)N1CCCCC1C(=O)OCC)c1ccc(Sc2ccc3c(c2)CCOO3)c(Cl)c1. The average molecular weight is 488 g/mol. The van der Waals surface area contributed by atoms with Gasteiger partial charge < -0.3 is 14.5 Å². The van der Waals surface area contributed by atoms with Gasteiger partial charge in [-0.2, -0.15) is 4.89 Å². The Morgan fingerprint density at radius 1 is 1.24 bits per heavy atom. The van der Waals surface area contributed by atoms with E-state index in [2.05, 4.69) is 12.6 Å². The molecule has 0 N–H and O–H groups in total. The van der Waals surface area contributed by atoms with E-state index in [9.17, 15) is 9.59 Å². The van der Waals surface area contributed by atoms with Crippen molar-refractivity contribution in [2.75, 3.05) is 19.8 Å². The molecule has 0 saturated carbocycles. The van der Waals surface area contributed by atoms with Crippen LogP contribution < -0.4 is 4.89 Å². The summed E-state index contributed by atoms with van der Waals surface area (Å²) in [7, 11) is 0. The van der Waals surface area contributed by atoms with Crippen LogP contribution in [-0.2, 0) is 25.6 Å². The Morgan fingerprint density at radius 3 is 2.88 bits per heavy atom. The number of rotatable bonds is 6. The molecule has 1 amide bonds. The third-order valence-electron chi connectivity index (χ3n) is 5.72. The Morgan fingerprint density at radius 2 is 2.09 bits per heavy atom. The Hall–Kier alpha value is -2.48. The number of likely N-dealkylation sites (tertiary alicyclic amines) is 1. The number of nitrogens with zero attached hydrogens (tertiary/aromatic N) is 1. The highest BCUT2D eigenvalue weighted by molar-refractivity contribution is 7.99. The van der Waals surface area contributed by atoms with Crippen molar-refractivity contribution in [3.63, 3.8) is 0 Å². The Balaban J connectivity index is 1.48. The lowest BCUT2D eigenvalue weighted by molar-refractivity contribution is -0.215. The molecule has 2 aliphatic rings. The summed E-state index contributed by atoms with van der Waals surface area (Å²) in [5.41, 5.74) is 2.05. The van der Waals surface area contributed by atoms with Crippen molar-refractivity contribution in [1.29, 1.82) is 0 Å². The molecule has 174 valence electrons. The standard InChI is InChI=1S/C25H26ClNO5S/c1-3-30-25(29)21-6-4-5-12-27(21)24(28)16(2)17-7-10-23(20(26)15-17)33-19-8-9-22-18(14-19)11-13-31-32-22/h7-10,14-15,21H,2-6,11-13H2,1H3. The largest absolute Gasteiger partial charge is 0.464 e. The zero-order chi connectivity index (χ0) is 23.4. The topological polar surface area (TPSA) is 65.1 Å². The number of hydrogen-bond acceptors (Lipinski definition) is 6. The van der Waals surface area contributed by atoms with E-state index in [1.165, 1.54) is 11.8 Å². The molecular formula is C25H26ClNO5S. The monoisotopic (exact) mass is 487 g/mol. The van der Waals surface area contributed by atoms with Crippen LogP contribution in [0.2, 0.25) is 5.02 Å². The molecule has 0 aliphatic carbocycles. The van der Waals surface area contributed by atoms with Crippen LogP contribution in [0.1, 0.15) is 37.3 Å². The number of hydrogen-bond donors (Lipinski definition) is 0. The van der Waals surface area contributed by atoms with Crippen molar-refractivity contribution in [3.8, 4) is 5.75 Å². The van der Waals surface area contributed by atoms with Gasteiger partial charge in [0.05, 0.1) is 18.2 Å². The Labute approximate surface area is 202 Å². The van der Waals surface area contributed by atoms with E-state index in [1.807, 2.05) is 24.3 Å². The molecule has 0 radical (unpaired) electrons. The third kappa shape index (κ3) is 5.37. The fraction of sp³-hybridized carbons (Fsp3) is 0.360. The van der Waals surface area contributed by atoms with Crippen molar-refractivity contribution < 1.29 is 24.1 Å². The van der Waals surface area contributed by atoms with E-state index >= 15 is 0 Å². The summed E-state index contributed by atoms with van der Waals surface area (Å²) < 4.78 is 5.17. The van der Waals surface area contributed by atoms with Gasteiger partial charge in [0.15, 0.2) is 5.75 Å². The lowest BCUT2D eigenvalue weighted by atomic mass is 9.99. The first-order valence-corrected chi connectivity index (χ1v) is 12.2. The first-order valence-electron chi connectivity index (χ1n) is 11.0. The van der Waals surface area contributed by atoms with Crippen LogP contribution in [0.15, 0.2) is 52.8 Å². The second-order valence-electron chi connectivity index (χ2n) is 7.91. The number of piperidine rings is 1. The highest BCUT2D eigenvalue weighted by Gasteiger charge is 2.34. The van der Waals surface area contributed by atoms with E-state index in [0.717, 1.165) is 40.4 Å². The Kier molecular flexibility index (Phi) is 7.63. The molecule has 0 aromatic heterocycles. The van der Waals surface area contributed by atoms with E-state index in [-0.39, 0.29) is 18.5 Å². The maximum Gasteiger partial charge on any atom is 0.328 e. The molecule has 1 unspecified atom stereocenters. The summed E-state index contributed by atoms with van der Waals surface area (Å²) in [6.45, 7) is 7.10. The summed E-state index contributed by atoms with van der Waals surface area (Å²) in [4.78, 5) is 39.2. The van der Waals surface area contributed by atoms with Crippen LogP contribution in [0.5, 0.6) is 5.75 Å². The van der Waals surface area contributed by atoms with Gasteiger partial charge in [-0.05, 0) is 62.1 Å². The Bertz CT molecular complexity index is 1070. The molecule has 2 aliphatic heterocycles. The smallest absolute Gasteiger partial charge is 0.328 e. The molecule has 6 nitrogen and oxygen atoms in total. The molecule has 2 aromatic rings. The van der Waals surface area contributed by atoms with Crippen LogP contribution in [0, 0.1) is 0 Å². The molecule has 8 heteroatoms. The normalized spacial score (nSPS) is 17.6. The number of halogens is 1. The van der Waals surface area contributed by atoms with E-state index in [1.54, 1.807) is 17.9 Å². The van der Waals surface area contributed by atoms with Crippen molar-refractivity contribution in [2.24, 2.45) is 0 Å². The summed E-state index contributed by atoms with van der Waals surface area (Å²) >= 11 is 8.11. The zero-order valence-electron chi connectivity index (χ0n) is 18.5. The lowest BCUT2D eigenvalue weighted by Crippen LogP contribution is -2.48. The highest BCUT2D eigenvalue weighted by Crippen LogP contribution is 2.37. The fourth-order valence-corrected chi connectivity index (χ4v) is 5.19. The van der Waals surface area contributed by atoms with Crippen molar-refractivity contribution in [1.82, 2.24) is 4.90 Å². The molecule has 1 saturated heterocycles. The van der Waals surface area contributed by atoms with Gasteiger partial charge in [-0.15, -0.1) is 0 Å². The van der Waals surface area contributed by atoms with Crippen molar-refractivity contribution in [3.05, 3.63) is 59.1 Å². The molecule has 1 atom stereocenters. The zero-order valence-corrected chi connectivity index (χ0v) is 20.0. The van der Waals surface area contributed by atoms with E-state index < -0.39 is 6.04 Å². The minimum atomic E-state index is -0.563. The third-order valence-corrected chi connectivity index (χ3v) is 7.21. The van der Waals surface area contributed by atoms with Crippen LogP contribution in [-0.4, -0.2) is 42.6 Å². The highest BCUT2D eigenvalue weighted by atomic mass is 35.5. The summed E-state index contributed by atoms with van der Waals surface area (Å²) in [6.07, 6.45) is 3.14. The number of fused-ring (bicyclic) bond motifs is 1. The van der Waals surface area contributed by atoms with Crippen LogP contribution >= 0.6 is 23.4 Å².